The molecule has 4 atom stereocenters. The van der Waals surface area contributed by atoms with Crippen LogP contribution in [0.15, 0.2) is 11.6 Å². The Morgan fingerprint density at radius 1 is 0.854 bits per heavy atom. The molecule has 0 aliphatic carbocycles. The summed E-state index contributed by atoms with van der Waals surface area (Å²) in [6.45, 7) is 21.2. The second-order valence-corrected chi connectivity index (χ2v) is 14.0. The highest BCUT2D eigenvalue weighted by Crippen LogP contribution is 2.27. The van der Waals surface area contributed by atoms with Gasteiger partial charge >= 0.3 is 0 Å². The van der Waals surface area contributed by atoms with Crippen LogP contribution in [0.1, 0.15) is 101 Å². The third-order valence-electron chi connectivity index (χ3n) is 8.39. The highest BCUT2D eigenvalue weighted by atomic mass is 16.2. The summed E-state index contributed by atoms with van der Waals surface area (Å²) in [7, 11) is 1.75. The van der Waals surface area contributed by atoms with Crippen LogP contribution in [-0.4, -0.2) is 94.7 Å². The first-order chi connectivity index (χ1) is 19.0. The molecule has 41 heavy (non-hydrogen) atoms. The van der Waals surface area contributed by atoms with Crippen molar-refractivity contribution in [3.05, 3.63) is 11.6 Å². The lowest BCUT2D eigenvalue weighted by atomic mass is 9.84. The Kier molecular flexibility index (Phi) is 12.4. The van der Waals surface area contributed by atoms with Gasteiger partial charge in [-0.1, -0.05) is 47.1 Å². The minimum atomic E-state index is -0.718. The van der Waals surface area contributed by atoms with Crippen molar-refractivity contribution in [1.82, 2.24) is 25.3 Å². The number of carbonyl (C=O) groups is 4. The second kappa shape index (κ2) is 14.7. The molecule has 2 saturated heterocycles. The third-order valence-corrected chi connectivity index (χ3v) is 8.39. The van der Waals surface area contributed by atoms with Gasteiger partial charge < -0.3 is 20.4 Å². The number of hydrogen-bond acceptors (Lipinski definition) is 5. The van der Waals surface area contributed by atoms with Crippen LogP contribution in [-0.2, 0) is 19.2 Å². The predicted octanol–water partition coefficient (Wildman–Crippen LogP) is 3.73. The first-order valence-corrected chi connectivity index (χ1v) is 15.6. The summed E-state index contributed by atoms with van der Waals surface area (Å²) in [4.78, 5) is 59.4. The van der Waals surface area contributed by atoms with Gasteiger partial charge in [0, 0.05) is 31.2 Å². The van der Waals surface area contributed by atoms with Gasteiger partial charge in [-0.2, -0.15) is 0 Å². The summed E-state index contributed by atoms with van der Waals surface area (Å²) in [6, 6.07) is -1.54. The van der Waals surface area contributed by atoms with E-state index in [1.54, 1.807) is 23.8 Å². The zero-order valence-electron chi connectivity index (χ0n) is 27.5. The van der Waals surface area contributed by atoms with Crippen molar-refractivity contribution in [2.45, 2.75) is 138 Å². The van der Waals surface area contributed by atoms with E-state index in [1.807, 2.05) is 54.5 Å². The Hall–Kier alpha value is -2.42. The minimum absolute atomic E-state index is 0.00415. The number of nitrogens with zero attached hydrogens (tertiary/aromatic N) is 3. The molecule has 2 heterocycles. The number of hydrogen-bond donors (Lipinski definition) is 2. The Bertz CT molecular complexity index is 968. The van der Waals surface area contributed by atoms with Crippen molar-refractivity contribution < 1.29 is 19.2 Å². The van der Waals surface area contributed by atoms with Crippen LogP contribution >= 0.6 is 0 Å². The lowest BCUT2D eigenvalue weighted by Crippen LogP contribution is -2.60. The van der Waals surface area contributed by atoms with Gasteiger partial charge in [0.15, 0.2) is 0 Å². The van der Waals surface area contributed by atoms with E-state index in [0.29, 0.717) is 18.5 Å². The fourth-order valence-electron chi connectivity index (χ4n) is 6.06. The molecule has 2 rings (SSSR count). The maximum absolute atomic E-state index is 14.0. The number of likely N-dealkylation sites (tertiary alicyclic amines) is 2. The fourth-order valence-corrected chi connectivity index (χ4v) is 6.06. The van der Waals surface area contributed by atoms with Crippen LogP contribution < -0.4 is 10.6 Å². The molecule has 2 aliphatic rings. The Balaban J connectivity index is 2.26. The van der Waals surface area contributed by atoms with Crippen molar-refractivity contribution in [2.75, 3.05) is 20.1 Å². The molecule has 2 aliphatic heterocycles. The number of carbonyl (C=O) groups excluding carboxylic acids is 4. The molecule has 0 saturated carbocycles. The molecule has 0 aromatic carbocycles. The van der Waals surface area contributed by atoms with Gasteiger partial charge in [0.25, 0.3) is 0 Å². The van der Waals surface area contributed by atoms with Crippen molar-refractivity contribution in [3.8, 4) is 0 Å². The van der Waals surface area contributed by atoms with Gasteiger partial charge in [-0.25, -0.2) is 0 Å². The highest BCUT2D eigenvalue weighted by molar-refractivity contribution is 5.97. The number of piperidine rings is 1. The largest absolute Gasteiger partial charge is 0.352 e. The number of rotatable bonds is 10. The predicted molar refractivity (Wildman–Crippen MR) is 164 cm³/mol. The van der Waals surface area contributed by atoms with E-state index in [0.717, 1.165) is 32.2 Å². The highest BCUT2D eigenvalue weighted by Gasteiger charge is 2.40. The summed E-state index contributed by atoms with van der Waals surface area (Å²) >= 11 is 0. The molecule has 0 aromatic heterocycles. The molecule has 0 spiro atoms. The average molecular weight is 576 g/mol. The van der Waals surface area contributed by atoms with E-state index < -0.39 is 17.5 Å². The van der Waals surface area contributed by atoms with Gasteiger partial charge in [-0.15, -0.1) is 0 Å². The topological polar surface area (TPSA) is 102 Å². The quantitative estimate of drug-likeness (QED) is 0.387. The molecule has 234 valence electrons. The van der Waals surface area contributed by atoms with Gasteiger partial charge in [0.2, 0.25) is 23.6 Å². The van der Waals surface area contributed by atoms with Gasteiger partial charge in [0.05, 0.1) is 12.1 Å². The molecule has 2 fully saturated rings. The molecule has 0 bridgehead atoms. The van der Waals surface area contributed by atoms with Crippen LogP contribution in [0.2, 0.25) is 0 Å². The van der Waals surface area contributed by atoms with Crippen LogP contribution in [0.4, 0.5) is 0 Å². The molecule has 4 amide bonds. The van der Waals surface area contributed by atoms with E-state index >= 15 is 0 Å². The third kappa shape index (κ3) is 9.03. The lowest BCUT2D eigenvalue weighted by Gasteiger charge is -2.41. The Morgan fingerprint density at radius 2 is 1.44 bits per heavy atom. The van der Waals surface area contributed by atoms with Crippen molar-refractivity contribution in [3.63, 3.8) is 0 Å². The smallest absolute Gasteiger partial charge is 0.249 e. The normalized spacial score (nSPS) is 22.2. The van der Waals surface area contributed by atoms with E-state index in [1.165, 1.54) is 0 Å². The van der Waals surface area contributed by atoms with Crippen LogP contribution in [0.3, 0.4) is 0 Å². The summed E-state index contributed by atoms with van der Waals surface area (Å²) in [5.41, 5.74) is -0.000204. The molecule has 0 radical (unpaired) electrons. The summed E-state index contributed by atoms with van der Waals surface area (Å²) in [5.74, 6) is -0.545. The second-order valence-electron chi connectivity index (χ2n) is 14.0. The summed E-state index contributed by atoms with van der Waals surface area (Å²) < 4.78 is 0. The molecular formula is C32H57N5O4. The summed E-state index contributed by atoms with van der Waals surface area (Å²) in [6.07, 6.45) is 6.14. The zero-order valence-corrected chi connectivity index (χ0v) is 27.5. The molecular weight excluding hydrogens is 518 g/mol. The maximum atomic E-state index is 14.0. The monoisotopic (exact) mass is 575 g/mol. The Morgan fingerprint density at radius 3 is 1.98 bits per heavy atom. The number of amides is 4. The number of nitrogens with one attached hydrogen (secondary N) is 2. The van der Waals surface area contributed by atoms with Crippen molar-refractivity contribution >= 4 is 23.6 Å². The van der Waals surface area contributed by atoms with Gasteiger partial charge in [0.1, 0.15) is 12.1 Å². The maximum Gasteiger partial charge on any atom is 0.249 e. The van der Waals surface area contributed by atoms with E-state index in [-0.39, 0.29) is 53.7 Å². The Labute approximate surface area is 248 Å². The number of likely N-dealkylation sites (N-methyl/N-ethyl adjacent to an activating group) is 1. The van der Waals surface area contributed by atoms with E-state index in [2.05, 4.69) is 29.4 Å². The standard InChI is InChI=1S/C32H57N5O4/c1-20(2)26(19-23(7)30(40)37-18-14-16-25(37)28(38)33-21(3)4)35(11)31(41)27(32(8,9)10)34-29(39)24-15-12-13-17-36(24)22(5)6/h19-22,24-27H,12-18H2,1-11H3,(H,33,38)(H,34,39)/b23-19+/t24-,25+,26?,27-/m1/s1. The first kappa shape index (κ1) is 34.8. The van der Waals surface area contributed by atoms with Crippen LogP contribution in [0.5, 0.6) is 0 Å². The molecule has 9 heteroatoms. The van der Waals surface area contributed by atoms with Gasteiger partial charge in [-0.05, 0) is 78.2 Å². The summed E-state index contributed by atoms with van der Waals surface area (Å²) in [5, 5.41) is 6.06. The lowest BCUT2D eigenvalue weighted by molar-refractivity contribution is -0.142. The average Bonchev–Trinajstić information content (AvgIpc) is 3.37. The minimum Gasteiger partial charge on any atom is -0.352 e. The SMILES string of the molecule is C/C(=C\C(C(C)C)N(C)C(=O)[C@@H](NC(=O)[C@H]1CCCCN1C(C)C)C(C)(C)C)C(=O)N1CCC[C@H]1C(=O)NC(C)C. The molecule has 1 unspecified atom stereocenters. The molecule has 2 N–H and O–H groups in total. The molecule has 9 nitrogen and oxygen atoms in total. The van der Waals surface area contributed by atoms with E-state index in [4.69, 9.17) is 0 Å². The first-order valence-electron chi connectivity index (χ1n) is 15.6. The van der Waals surface area contributed by atoms with Crippen LogP contribution in [0.25, 0.3) is 0 Å². The molecule has 0 aromatic rings. The zero-order chi connectivity index (χ0) is 31.2. The fraction of sp³-hybridized carbons (Fsp3) is 0.812. The van der Waals surface area contributed by atoms with Crippen molar-refractivity contribution in [1.29, 1.82) is 0 Å². The van der Waals surface area contributed by atoms with Crippen LogP contribution in [0, 0.1) is 11.3 Å². The van der Waals surface area contributed by atoms with Gasteiger partial charge in [-0.3, -0.25) is 24.1 Å². The van der Waals surface area contributed by atoms with E-state index in [9.17, 15) is 19.2 Å². The van der Waals surface area contributed by atoms with Crippen molar-refractivity contribution in [2.24, 2.45) is 11.3 Å².